The number of likely N-dealkylation sites (tertiary alicyclic amines) is 1. The molecular formula is C19H28ClFN2O2. The van der Waals surface area contributed by atoms with Crippen molar-refractivity contribution in [3.05, 3.63) is 29.0 Å². The molecule has 1 aliphatic rings. The van der Waals surface area contributed by atoms with Crippen molar-refractivity contribution in [2.75, 3.05) is 32.7 Å². The van der Waals surface area contributed by atoms with E-state index in [-0.39, 0.29) is 10.9 Å². The number of hydrogen-bond donors (Lipinski definition) is 0. The van der Waals surface area contributed by atoms with Gasteiger partial charge in [0.15, 0.2) is 6.10 Å². The van der Waals surface area contributed by atoms with Crippen LogP contribution in [0.5, 0.6) is 5.75 Å². The Labute approximate surface area is 154 Å². The molecule has 1 fully saturated rings. The molecule has 1 aromatic rings. The zero-order valence-corrected chi connectivity index (χ0v) is 15.9. The number of nitrogens with zero attached hydrogens (tertiary/aromatic N) is 2. The highest BCUT2D eigenvalue weighted by atomic mass is 35.5. The molecule has 0 unspecified atom stereocenters. The van der Waals surface area contributed by atoms with Gasteiger partial charge in [0, 0.05) is 19.6 Å². The minimum absolute atomic E-state index is 0.0716. The summed E-state index contributed by atoms with van der Waals surface area (Å²) < 4.78 is 18.8. The van der Waals surface area contributed by atoms with Gasteiger partial charge in [0.1, 0.15) is 11.6 Å². The number of amides is 1. The number of hydrogen-bond acceptors (Lipinski definition) is 3. The first-order valence-corrected chi connectivity index (χ1v) is 9.52. The monoisotopic (exact) mass is 370 g/mol. The Morgan fingerprint density at radius 2 is 2.00 bits per heavy atom. The Morgan fingerprint density at radius 3 is 2.60 bits per heavy atom. The zero-order chi connectivity index (χ0) is 18.2. The number of benzene rings is 1. The Balaban J connectivity index is 1.88. The fourth-order valence-corrected chi connectivity index (χ4v) is 3.33. The minimum atomic E-state index is -0.660. The summed E-state index contributed by atoms with van der Waals surface area (Å²) in [6.45, 7) is 8.13. The molecule has 0 aliphatic carbocycles. The summed E-state index contributed by atoms with van der Waals surface area (Å²) in [6.07, 6.45) is 4.42. The topological polar surface area (TPSA) is 32.8 Å². The molecule has 4 nitrogen and oxygen atoms in total. The molecular weight excluding hydrogens is 343 g/mol. The van der Waals surface area contributed by atoms with Crippen LogP contribution in [0.25, 0.3) is 0 Å². The van der Waals surface area contributed by atoms with Gasteiger partial charge in [-0.05, 0) is 58.0 Å². The van der Waals surface area contributed by atoms with E-state index in [0.717, 1.165) is 19.6 Å². The number of carbonyl (C=O) groups excluding carboxylic acids is 1. The predicted molar refractivity (Wildman–Crippen MR) is 98.7 cm³/mol. The molecule has 0 bridgehead atoms. The third-order valence-electron chi connectivity index (χ3n) is 4.62. The molecule has 0 N–H and O–H groups in total. The van der Waals surface area contributed by atoms with Crippen molar-refractivity contribution in [2.24, 2.45) is 0 Å². The van der Waals surface area contributed by atoms with E-state index in [0.29, 0.717) is 18.8 Å². The third kappa shape index (κ3) is 6.15. The molecule has 1 heterocycles. The summed E-state index contributed by atoms with van der Waals surface area (Å²) in [5, 5.41) is 0.173. The second-order valence-electron chi connectivity index (χ2n) is 6.51. The van der Waals surface area contributed by atoms with E-state index >= 15 is 0 Å². The van der Waals surface area contributed by atoms with E-state index < -0.39 is 11.9 Å². The first-order chi connectivity index (χ1) is 12.0. The van der Waals surface area contributed by atoms with E-state index in [1.807, 2.05) is 11.8 Å². The Bertz CT molecular complexity index is 562. The van der Waals surface area contributed by atoms with E-state index in [4.69, 9.17) is 16.3 Å². The van der Waals surface area contributed by atoms with E-state index in [2.05, 4.69) is 4.90 Å². The van der Waals surface area contributed by atoms with Crippen molar-refractivity contribution in [3.8, 4) is 5.75 Å². The second kappa shape index (κ2) is 9.97. The number of carbonyl (C=O) groups is 1. The Hall–Kier alpha value is -1.33. The maximum atomic E-state index is 13.1. The van der Waals surface area contributed by atoms with Gasteiger partial charge in [-0.2, -0.15) is 0 Å². The second-order valence-corrected chi connectivity index (χ2v) is 6.92. The lowest BCUT2D eigenvalue weighted by atomic mass is 10.2. The van der Waals surface area contributed by atoms with E-state index in [9.17, 15) is 9.18 Å². The highest BCUT2D eigenvalue weighted by molar-refractivity contribution is 6.32. The molecule has 1 atom stereocenters. The molecule has 1 aliphatic heterocycles. The molecule has 2 rings (SSSR count). The summed E-state index contributed by atoms with van der Waals surface area (Å²) in [5.41, 5.74) is 0. The van der Waals surface area contributed by atoms with Crippen LogP contribution in [0.3, 0.4) is 0 Å². The molecule has 1 aromatic carbocycles. The van der Waals surface area contributed by atoms with Crippen molar-refractivity contribution in [3.63, 3.8) is 0 Å². The van der Waals surface area contributed by atoms with Gasteiger partial charge in [-0.3, -0.25) is 4.79 Å². The largest absolute Gasteiger partial charge is 0.479 e. The number of halogens is 2. The Kier molecular flexibility index (Phi) is 7.97. The van der Waals surface area contributed by atoms with Gasteiger partial charge in [0.25, 0.3) is 5.91 Å². The van der Waals surface area contributed by atoms with Crippen molar-refractivity contribution in [2.45, 2.75) is 45.6 Å². The van der Waals surface area contributed by atoms with Crippen molar-refractivity contribution in [1.82, 2.24) is 9.80 Å². The fraction of sp³-hybridized carbons (Fsp3) is 0.632. The van der Waals surface area contributed by atoms with Crippen molar-refractivity contribution < 1.29 is 13.9 Å². The molecule has 1 amide bonds. The summed E-state index contributed by atoms with van der Waals surface area (Å²) in [7, 11) is 0. The van der Waals surface area contributed by atoms with Crippen LogP contribution in [0.2, 0.25) is 5.02 Å². The summed E-state index contributed by atoms with van der Waals surface area (Å²) in [5.74, 6) is -0.172. The summed E-state index contributed by atoms with van der Waals surface area (Å²) >= 11 is 5.97. The average molecular weight is 371 g/mol. The maximum absolute atomic E-state index is 13.1. The normalized spacial score (nSPS) is 17.0. The smallest absolute Gasteiger partial charge is 0.263 e. The van der Waals surface area contributed by atoms with Crippen molar-refractivity contribution >= 4 is 17.5 Å². The lowest BCUT2D eigenvalue weighted by Gasteiger charge is -2.28. The van der Waals surface area contributed by atoms with Gasteiger partial charge in [-0.15, -0.1) is 0 Å². The number of likely N-dealkylation sites (N-methyl/N-ethyl adjacent to an activating group) is 1. The quantitative estimate of drug-likeness (QED) is 0.728. The zero-order valence-electron chi connectivity index (χ0n) is 15.1. The van der Waals surface area contributed by atoms with Crippen LogP contribution in [0.15, 0.2) is 18.2 Å². The summed E-state index contributed by atoms with van der Waals surface area (Å²) in [6, 6.07) is 3.91. The van der Waals surface area contributed by atoms with Gasteiger partial charge in [0.05, 0.1) is 5.02 Å². The highest BCUT2D eigenvalue weighted by Gasteiger charge is 2.22. The number of ether oxygens (including phenoxy) is 1. The molecule has 0 aromatic heterocycles. The standard InChI is InChI=1S/C19H28ClFN2O2/c1-3-23(13-12-22-10-6-4-5-7-11-22)19(24)15(2)25-18-9-8-16(21)14-17(18)20/h8-9,14-15H,3-7,10-13H2,1-2H3/t15-/m0/s1. The molecule has 0 saturated carbocycles. The molecule has 0 radical (unpaired) electrons. The van der Waals surface area contributed by atoms with Crippen LogP contribution in [0.4, 0.5) is 4.39 Å². The number of rotatable bonds is 7. The van der Waals surface area contributed by atoms with Crippen LogP contribution in [-0.2, 0) is 4.79 Å². The summed E-state index contributed by atoms with van der Waals surface area (Å²) in [4.78, 5) is 16.9. The molecule has 140 valence electrons. The van der Waals surface area contributed by atoms with E-state index in [1.54, 1.807) is 6.92 Å². The van der Waals surface area contributed by atoms with Gasteiger partial charge in [-0.25, -0.2) is 4.39 Å². The van der Waals surface area contributed by atoms with Crippen LogP contribution in [0.1, 0.15) is 39.5 Å². The van der Waals surface area contributed by atoms with Crippen LogP contribution in [-0.4, -0.2) is 54.5 Å². The maximum Gasteiger partial charge on any atom is 0.263 e. The van der Waals surface area contributed by atoms with E-state index in [1.165, 1.54) is 43.9 Å². The average Bonchev–Trinajstić information content (AvgIpc) is 2.86. The van der Waals surface area contributed by atoms with Gasteiger partial charge in [0.2, 0.25) is 0 Å². The highest BCUT2D eigenvalue weighted by Crippen LogP contribution is 2.26. The van der Waals surface area contributed by atoms with Crippen LogP contribution >= 0.6 is 11.6 Å². The van der Waals surface area contributed by atoms with Gasteiger partial charge < -0.3 is 14.5 Å². The lowest BCUT2D eigenvalue weighted by molar-refractivity contribution is -0.138. The predicted octanol–water partition coefficient (Wildman–Crippen LogP) is 3.97. The molecule has 6 heteroatoms. The molecule has 0 spiro atoms. The van der Waals surface area contributed by atoms with Gasteiger partial charge in [-0.1, -0.05) is 24.4 Å². The lowest BCUT2D eigenvalue weighted by Crippen LogP contribution is -2.44. The molecule has 1 saturated heterocycles. The van der Waals surface area contributed by atoms with Crippen LogP contribution < -0.4 is 4.74 Å². The van der Waals surface area contributed by atoms with Crippen LogP contribution in [0, 0.1) is 5.82 Å². The van der Waals surface area contributed by atoms with Crippen molar-refractivity contribution in [1.29, 1.82) is 0 Å². The Morgan fingerprint density at radius 1 is 1.32 bits per heavy atom. The SMILES string of the molecule is CCN(CCN1CCCCCC1)C(=O)[C@H](C)Oc1ccc(F)cc1Cl. The first kappa shape index (κ1) is 20.0. The minimum Gasteiger partial charge on any atom is -0.479 e. The third-order valence-corrected chi connectivity index (χ3v) is 4.92. The van der Waals surface area contributed by atoms with Gasteiger partial charge >= 0.3 is 0 Å². The molecule has 25 heavy (non-hydrogen) atoms. The first-order valence-electron chi connectivity index (χ1n) is 9.14. The fourth-order valence-electron chi connectivity index (χ4n) is 3.11.